The molecule has 4 saturated heterocycles. The highest BCUT2D eigenvalue weighted by Crippen LogP contribution is 2.46. The van der Waals surface area contributed by atoms with Gasteiger partial charge in [-0.3, -0.25) is 19.8 Å². The number of alkyl halides is 1. The molecule has 63 heavy (non-hydrogen) atoms. The number of halogens is 1. The third kappa shape index (κ3) is 8.18. The number of amides is 4. The molecule has 0 bridgehead atoms. The SMILES string of the molecule is Cc1cc([C@H]2CCCN(c3cc(-c4ccccc4O)nnc3N)C2)ccc1C(=O)N1CCC(F)(CN2CCC(n3cc(C4CC4)c4cc(N5CCC(=O)NC5=O)cnc43)CC2)CC1. The second-order valence-corrected chi connectivity index (χ2v) is 18.4. The van der Waals surface area contributed by atoms with Crippen LogP contribution in [0.5, 0.6) is 5.75 Å². The first-order valence-corrected chi connectivity index (χ1v) is 22.6. The summed E-state index contributed by atoms with van der Waals surface area (Å²) in [5.74, 6) is 0.911. The smallest absolute Gasteiger partial charge is 0.328 e. The van der Waals surface area contributed by atoms with Gasteiger partial charge in [-0.2, -0.15) is 0 Å². The quantitative estimate of drug-likeness (QED) is 0.140. The Bertz CT molecular complexity index is 2580. The van der Waals surface area contributed by atoms with Gasteiger partial charge in [-0.1, -0.05) is 24.3 Å². The molecule has 0 radical (unpaired) electrons. The summed E-state index contributed by atoms with van der Waals surface area (Å²) in [6.07, 6.45) is 10.9. The zero-order valence-corrected chi connectivity index (χ0v) is 35.8. The summed E-state index contributed by atoms with van der Waals surface area (Å²) >= 11 is 0. The Morgan fingerprint density at radius 1 is 0.937 bits per heavy atom. The normalized spacial score (nSPS) is 21.2. The lowest BCUT2D eigenvalue weighted by Gasteiger charge is -2.41. The van der Waals surface area contributed by atoms with E-state index in [1.54, 1.807) is 23.2 Å². The number of rotatable bonds is 9. The lowest BCUT2D eigenvalue weighted by Crippen LogP contribution is -2.51. The Morgan fingerprint density at radius 2 is 1.73 bits per heavy atom. The van der Waals surface area contributed by atoms with Gasteiger partial charge in [0, 0.05) is 106 Å². The highest BCUT2D eigenvalue weighted by atomic mass is 19.1. The first-order chi connectivity index (χ1) is 30.5. The molecule has 15 heteroatoms. The van der Waals surface area contributed by atoms with Crippen molar-refractivity contribution in [2.24, 2.45) is 0 Å². The molecule has 3 aromatic heterocycles. The number of hydrogen-bond acceptors (Lipinski definition) is 10. The van der Waals surface area contributed by atoms with Crippen LogP contribution in [0, 0.1) is 6.92 Å². The molecule has 4 aliphatic heterocycles. The number of imide groups is 1. The van der Waals surface area contributed by atoms with Gasteiger partial charge in [0.25, 0.3) is 5.91 Å². The topological polar surface area (TPSA) is 166 Å². The van der Waals surface area contributed by atoms with E-state index >= 15 is 4.39 Å². The summed E-state index contributed by atoms with van der Waals surface area (Å²) in [6, 6.07) is 17.0. The lowest BCUT2D eigenvalue weighted by atomic mass is 9.88. The highest BCUT2D eigenvalue weighted by molar-refractivity contribution is 6.06. The fourth-order valence-electron chi connectivity index (χ4n) is 10.4. The summed E-state index contributed by atoms with van der Waals surface area (Å²) in [5.41, 5.74) is 12.6. The number of phenolic OH excluding ortho intramolecular Hbond substituents is 1. The Balaban J connectivity index is 0.739. The third-order valence-corrected chi connectivity index (χ3v) is 14.2. The lowest BCUT2D eigenvalue weighted by molar-refractivity contribution is -0.120. The number of benzene rings is 2. The predicted molar refractivity (Wildman–Crippen MR) is 240 cm³/mol. The van der Waals surface area contributed by atoms with Gasteiger partial charge < -0.3 is 30.1 Å². The van der Waals surface area contributed by atoms with Gasteiger partial charge in [-0.05, 0) is 98.4 Å². The van der Waals surface area contributed by atoms with E-state index in [1.165, 1.54) is 11.1 Å². The Kier molecular flexibility index (Phi) is 10.8. The number of anilines is 3. The van der Waals surface area contributed by atoms with Crippen LogP contribution in [0.2, 0.25) is 0 Å². The molecule has 1 aliphatic carbocycles. The minimum Gasteiger partial charge on any atom is -0.507 e. The van der Waals surface area contributed by atoms with Crippen LogP contribution in [0.3, 0.4) is 0 Å². The largest absolute Gasteiger partial charge is 0.507 e. The first-order valence-electron chi connectivity index (χ1n) is 22.6. The number of hydrogen-bond donors (Lipinski definition) is 3. The van der Waals surface area contributed by atoms with E-state index in [0.29, 0.717) is 73.3 Å². The first kappa shape index (κ1) is 41.0. The number of nitrogen functional groups attached to an aromatic ring is 1. The van der Waals surface area contributed by atoms with Crippen molar-refractivity contribution < 1.29 is 23.9 Å². The van der Waals surface area contributed by atoms with E-state index in [-0.39, 0.29) is 35.9 Å². The van der Waals surface area contributed by atoms with Crippen molar-refractivity contribution in [2.45, 2.75) is 88.3 Å². The number of carbonyl (C=O) groups is 3. The molecular weight excluding hydrogens is 800 g/mol. The van der Waals surface area contributed by atoms with Gasteiger partial charge in [0.05, 0.1) is 23.3 Å². The van der Waals surface area contributed by atoms with Crippen molar-refractivity contribution in [3.05, 3.63) is 89.2 Å². The number of aryl methyl sites for hydroxylation is 1. The Morgan fingerprint density at radius 3 is 2.48 bits per heavy atom. The summed E-state index contributed by atoms with van der Waals surface area (Å²) in [7, 11) is 0. The minimum absolute atomic E-state index is 0.0425. The van der Waals surface area contributed by atoms with Gasteiger partial charge in [0.2, 0.25) is 5.91 Å². The molecule has 2 aromatic carbocycles. The number of carbonyl (C=O) groups excluding carboxylic acids is 3. The fourth-order valence-corrected chi connectivity index (χ4v) is 10.4. The highest BCUT2D eigenvalue weighted by Gasteiger charge is 2.39. The number of nitrogens with zero attached hydrogens (tertiary/aromatic N) is 8. The van der Waals surface area contributed by atoms with Gasteiger partial charge in [0.15, 0.2) is 5.82 Å². The second kappa shape index (κ2) is 16.6. The van der Waals surface area contributed by atoms with Gasteiger partial charge in [-0.15, -0.1) is 10.2 Å². The monoisotopic (exact) mass is 854 g/mol. The summed E-state index contributed by atoms with van der Waals surface area (Å²) in [6.45, 7) is 6.60. The number of phenols is 1. The molecule has 5 aliphatic rings. The molecular formula is C48H55FN10O4. The molecule has 5 fully saturated rings. The van der Waals surface area contributed by atoms with Crippen molar-refractivity contribution in [1.82, 2.24) is 34.9 Å². The van der Waals surface area contributed by atoms with Crippen LogP contribution < -0.4 is 20.9 Å². The molecule has 4 N–H and O–H groups in total. The average Bonchev–Trinajstić information content (AvgIpc) is 4.07. The number of nitrogens with one attached hydrogen (secondary N) is 1. The molecule has 4 amide bonds. The van der Waals surface area contributed by atoms with Crippen molar-refractivity contribution in [1.29, 1.82) is 0 Å². The van der Waals surface area contributed by atoms with Crippen LogP contribution in [0.4, 0.5) is 26.4 Å². The maximum Gasteiger partial charge on any atom is 0.328 e. The summed E-state index contributed by atoms with van der Waals surface area (Å²) in [5, 5.41) is 22.4. The minimum atomic E-state index is -1.35. The molecule has 328 valence electrons. The van der Waals surface area contributed by atoms with E-state index in [0.717, 1.165) is 87.0 Å². The van der Waals surface area contributed by atoms with Gasteiger partial charge >= 0.3 is 6.03 Å². The van der Waals surface area contributed by atoms with E-state index < -0.39 is 11.7 Å². The molecule has 0 spiro atoms. The molecule has 1 saturated carbocycles. The van der Waals surface area contributed by atoms with Crippen molar-refractivity contribution in [3.8, 4) is 17.0 Å². The van der Waals surface area contributed by atoms with Crippen molar-refractivity contribution in [3.63, 3.8) is 0 Å². The van der Waals surface area contributed by atoms with E-state index in [1.807, 2.05) is 36.1 Å². The van der Waals surface area contributed by atoms with Gasteiger partial charge in [-0.25, -0.2) is 14.2 Å². The molecule has 5 aromatic rings. The maximum atomic E-state index is 16.5. The van der Waals surface area contributed by atoms with Crippen LogP contribution >= 0.6 is 0 Å². The standard InChI is InChI=1S/C48H55FN10O4/c1-30-23-32(33-5-4-17-57(27-33)41-25-40(53-54-44(41)50)37-6-2-3-7-42(37)60)10-11-36(30)46(62)56-21-15-48(49,16-22-56)29-55-18-12-34(13-19-55)59-28-39(31-8-9-31)38-24-35(26-51-45(38)59)58-20-14-43(61)52-47(58)63/h2-3,6-7,10-11,23-26,28,31,33-34,60H,4-5,8-9,12-22,27,29H2,1H3,(H2,50,54)(H,52,61,63)/t33-/m0/s1. The van der Waals surface area contributed by atoms with Crippen LogP contribution in [0.1, 0.15) is 103 Å². The van der Waals surface area contributed by atoms with Crippen LogP contribution in [-0.2, 0) is 4.79 Å². The number of nitrogens with two attached hydrogens (primary N) is 1. The molecule has 1 atom stereocenters. The maximum absolute atomic E-state index is 16.5. The Labute approximate surface area is 366 Å². The Hall–Kier alpha value is -6.09. The number of aromatic nitrogens is 4. The third-order valence-electron chi connectivity index (χ3n) is 14.2. The number of para-hydroxylation sites is 1. The molecule has 0 unspecified atom stereocenters. The molecule has 14 nitrogen and oxygen atoms in total. The number of likely N-dealkylation sites (tertiary alicyclic amines) is 2. The number of piperidine rings is 3. The molecule has 10 rings (SSSR count). The van der Waals surface area contributed by atoms with Crippen molar-refractivity contribution >= 4 is 46.1 Å². The number of urea groups is 1. The van der Waals surface area contributed by atoms with E-state index in [9.17, 15) is 19.5 Å². The summed E-state index contributed by atoms with van der Waals surface area (Å²) < 4.78 is 18.8. The van der Waals surface area contributed by atoms with E-state index in [2.05, 4.69) is 54.3 Å². The number of aromatic hydroxyl groups is 1. The number of fused-ring (bicyclic) bond motifs is 1. The van der Waals surface area contributed by atoms with Crippen molar-refractivity contribution in [2.75, 3.05) is 67.9 Å². The number of pyridine rings is 1. The average molecular weight is 855 g/mol. The summed E-state index contributed by atoms with van der Waals surface area (Å²) in [4.78, 5) is 51.0. The van der Waals surface area contributed by atoms with Crippen LogP contribution in [-0.4, -0.2) is 111 Å². The van der Waals surface area contributed by atoms with E-state index in [4.69, 9.17) is 10.7 Å². The fraction of sp³-hybridized carbons (Fsp3) is 0.458. The van der Waals surface area contributed by atoms with Gasteiger partial charge in [0.1, 0.15) is 17.1 Å². The van der Waals surface area contributed by atoms with Crippen LogP contribution in [0.25, 0.3) is 22.3 Å². The molecule has 7 heterocycles. The second-order valence-electron chi connectivity index (χ2n) is 18.4. The predicted octanol–water partition coefficient (Wildman–Crippen LogP) is 7.08. The zero-order valence-electron chi connectivity index (χ0n) is 35.8. The van der Waals surface area contributed by atoms with Crippen LogP contribution in [0.15, 0.2) is 67.0 Å². The zero-order chi connectivity index (χ0) is 43.4.